The third-order valence-electron chi connectivity index (χ3n) is 4.01. The summed E-state index contributed by atoms with van der Waals surface area (Å²) in [6.07, 6.45) is 1.81. The van der Waals surface area contributed by atoms with Crippen LogP contribution in [0.3, 0.4) is 0 Å². The summed E-state index contributed by atoms with van der Waals surface area (Å²) in [6.45, 7) is 0. The maximum Gasteiger partial charge on any atom is 0.229 e. The maximum absolute atomic E-state index is 11.4. The number of halogens is 2. The molecule has 140 valence electrons. The standard InChI is InChI=1S/2C10H5ClO3/c2*11-6-3-1-2-5-7(12)4-8(13)10(14)9(5)6/h2*1-4,13H. The van der Waals surface area contributed by atoms with Crippen molar-refractivity contribution in [1.82, 2.24) is 0 Å². The zero-order valence-electron chi connectivity index (χ0n) is 13.9. The first-order valence-corrected chi connectivity index (χ1v) is 8.54. The lowest BCUT2D eigenvalue weighted by molar-refractivity contribution is 0.0939. The number of hydrogen-bond donors (Lipinski definition) is 2. The lowest BCUT2D eigenvalue weighted by Crippen LogP contribution is -2.17. The summed E-state index contributed by atoms with van der Waals surface area (Å²) in [6, 6.07) is 9.19. The fraction of sp³-hybridized carbons (Fsp3) is 0. The van der Waals surface area contributed by atoms with E-state index in [4.69, 9.17) is 33.4 Å². The smallest absolute Gasteiger partial charge is 0.229 e. The maximum atomic E-state index is 11.4. The summed E-state index contributed by atoms with van der Waals surface area (Å²) in [5.41, 5.74) is 0.638. The predicted octanol–water partition coefficient (Wildman–Crippen LogP) is 4.32. The number of carbonyl (C=O) groups excluding carboxylic acids is 4. The molecule has 0 radical (unpaired) electrons. The van der Waals surface area contributed by atoms with E-state index in [1.165, 1.54) is 24.3 Å². The molecule has 2 aliphatic rings. The van der Waals surface area contributed by atoms with Gasteiger partial charge in [-0.15, -0.1) is 0 Å². The van der Waals surface area contributed by atoms with Gasteiger partial charge in [-0.05, 0) is 12.1 Å². The summed E-state index contributed by atoms with van der Waals surface area (Å²) < 4.78 is 0. The SMILES string of the molecule is O=C1C=C(O)C(=O)c2c(Cl)cccc21.O=C1C=C(O)C(=O)c2c(Cl)cccc21. The number of hydrogen-bond acceptors (Lipinski definition) is 6. The molecule has 0 atom stereocenters. The Morgan fingerprint density at radius 3 is 1.32 bits per heavy atom. The molecule has 8 heteroatoms. The van der Waals surface area contributed by atoms with Gasteiger partial charge in [-0.25, -0.2) is 0 Å². The van der Waals surface area contributed by atoms with Crippen LogP contribution in [0.15, 0.2) is 60.1 Å². The van der Waals surface area contributed by atoms with Crippen molar-refractivity contribution in [2.45, 2.75) is 0 Å². The number of allylic oxidation sites excluding steroid dienone is 4. The minimum Gasteiger partial charge on any atom is -0.504 e. The number of aliphatic hydroxyl groups excluding tert-OH is 2. The Balaban J connectivity index is 0.000000161. The van der Waals surface area contributed by atoms with E-state index in [1.807, 2.05) is 0 Å². The van der Waals surface area contributed by atoms with Crippen molar-refractivity contribution in [3.8, 4) is 0 Å². The van der Waals surface area contributed by atoms with Crippen LogP contribution in [0.25, 0.3) is 0 Å². The van der Waals surface area contributed by atoms with E-state index >= 15 is 0 Å². The van der Waals surface area contributed by atoms with Crippen molar-refractivity contribution in [3.05, 3.63) is 92.4 Å². The second-order valence-electron chi connectivity index (χ2n) is 5.77. The topological polar surface area (TPSA) is 109 Å². The Bertz CT molecular complexity index is 1040. The van der Waals surface area contributed by atoms with Gasteiger partial charge >= 0.3 is 0 Å². The molecule has 2 N–H and O–H groups in total. The molecule has 2 aliphatic carbocycles. The molecule has 0 saturated heterocycles. The van der Waals surface area contributed by atoms with Crippen molar-refractivity contribution in [2.75, 3.05) is 0 Å². The van der Waals surface area contributed by atoms with Crippen LogP contribution < -0.4 is 0 Å². The van der Waals surface area contributed by atoms with Crippen molar-refractivity contribution >= 4 is 46.3 Å². The van der Waals surface area contributed by atoms with Gasteiger partial charge in [-0.3, -0.25) is 19.2 Å². The lowest BCUT2D eigenvalue weighted by Gasteiger charge is -2.11. The molecule has 0 aliphatic heterocycles. The van der Waals surface area contributed by atoms with Gasteiger partial charge in [0.25, 0.3) is 0 Å². The first kappa shape index (κ1) is 19.5. The minimum absolute atomic E-state index is 0.0826. The Labute approximate surface area is 168 Å². The molecular formula is C20H10Cl2O6. The number of Topliss-reactive ketones (excluding diaryl/α,β-unsaturated/α-hetero) is 2. The van der Waals surface area contributed by atoms with Gasteiger partial charge in [0.1, 0.15) is 0 Å². The van der Waals surface area contributed by atoms with Crippen LogP contribution in [0, 0.1) is 0 Å². The molecule has 0 bridgehead atoms. The largest absolute Gasteiger partial charge is 0.504 e. The van der Waals surface area contributed by atoms with Crippen LogP contribution in [0.4, 0.5) is 0 Å². The van der Waals surface area contributed by atoms with Crippen molar-refractivity contribution in [2.24, 2.45) is 0 Å². The highest BCUT2D eigenvalue weighted by molar-refractivity contribution is 6.38. The number of benzene rings is 2. The number of carbonyl (C=O) groups is 4. The summed E-state index contributed by atoms with van der Waals surface area (Å²) in [7, 11) is 0. The quantitative estimate of drug-likeness (QED) is 0.661. The van der Waals surface area contributed by atoms with Gasteiger partial charge in [0.15, 0.2) is 23.1 Å². The Kier molecular flexibility index (Phi) is 5.18. The fourth-order valence-electron chi connectivity index (χ4n) is 2.71. The minimum atomic E-state index is -0.606. The van der Waals surface area contributed by atoms with Gasteiger partial charge in [0.2, 0.25) is 11.6 Å². The van der Waals surface area contributed by atoms with Crippen molar-refractivity contribution < 1.29 is 29.4 Å². The Morgan fingerprint density at radius 2 is 0.964 bits per heavy atom. The van der Waals surface area contributed by atoms with E-state index < -0.39 is 34.7 Å². The molecule has 28 heavy (non-hydrogen) atoms. The predicted molar refractivity (Wildman–Crippen MR) is 102 cm³/mol. The van der Waals surface area contributed by atoms with Crippen LogP contribution in [0.1, 0.15) is 41.4 Å². The molecule has 0 fully saturated rings. The molecule has 0 amide bonds. The van der Waals surface area contributed by atoms with E-state index in [0.717, 1.165) is 12.2 Å². The average molecular weight is 417 g/mol. The van der Waals surface area contributed by atoms with E-state index in [0.29, 0.717) is 0 Å². The first-order chi connectivity index (χ1) is 13.2. The molecular weight excluding hydrogens is 407 g/mol. The first-order valence-electron chi connectivity index (χ1n) is 7.78. The van der Waals surface area contributed by atoms with Gasteiger partial charge in [-0.1, -0.05) is 47.5 Å². The summed E-state index contributed by atoms with van der Waals surface area (Å²) in [5.74, 6) is -3.14. The molecule has 2 aromatic carbocycles. The normalized spacial score (nSPS) is 15.1. The molecule has 0 saturated carbocycles. The number of ketones is 4. The second kappa shape index (κ2) is 7.42. The van der Waals surface area contributed by atoms with Crippen LogP contribution >= 0.6 is 23.2 Å². The molecule has 0 unspecified atom stereocenters. The molecule has 0 heterocycles. The number of aliphatic hydroxyl groups is 2. The van der Waals surface area contributed by atoms with Crippen molar-refractivity contribution in [3.63, 3.8) is 0 Å². The summed E-state index contributed by atoms with van der Waals surface area (Å²) >= 11 is 11.5. The lowest BCUT2D eigenvalue weighted by atomic mass is 9.94. The fourth-order valence-corrected chi connectivity index (χ4v) is 3.23. The highest BCUT2D eigenvalue weighted by Crippen LogP contribution is 2.27. The van der Waals surface area contributed by atoms with Gasteiger partial charge in [0, 0.05) is 23.3 Å². The molecule has 6 nitrogen and oxygen atoms in total. The van der Waals surface area contributed by atoms with Gasteiger partial charge in [0.05, 0.1) is 21.2 Å². The molecule has 4 rings (SSSR count). The van der Waals surface area contributed by atoms with Crippen LogP contribution in [0.2, 0.25) is 10.0 Å². The highest BCUT2D eigenvalue weighted by atomic mass is 35.5. The Morgan fingerprint density at radius 1 is 0.607 bits per heavy atom. The van der Waals surface area contributed by atoms with E-state index in [9.17, 15) is 19.2 Å². The van der Waals surface area contributed by atoms with Crippen LogP contribution in [0.5, 0.6) is 0 Å². The van der Waals surface area contributed by atoms with E-state index in [-0.39, 0.29) is 32.3 Å². The zero-order valence-corrected chi connectivity index (χ0v) is 15.4. The number of rotatable bonds is 0. The van der Waals surface area contributed by atoms with E-state index in [1.54, 1.807) is 12.1 Å². The van der Waals surface area contributed by atoms with Crippen molar-refractivity contribution in [1.29, 1.82) is 0 Å². The molecule has 0 spiro atoms. The molecule has 2 aromatic rings. The second-order valence-corrected chi connectivity index (χ2v) is 6.59. The Hall–Kier alpha value is -3.22. The zero-order chi connectivity index (χ0) is 20.6. The average Bonchev–Trinajstić information content (AvgIpc) is 2.65. The summed E-state index contributed by atoms with van der Waals surface area (Å²) in [4.78, 5) is 45.5. The van der Waals surface area contributed by atoms with Gasteiger partial charge in [-0.2, -0.15) is 0 Å². The van der Waals surface area contributed by atoms with Crippen LogP contribution in [-0.2, 0) is 0 Å². The number of fused-ring (bicyclic) bond motifs is 2. The van der Waals surface area contributed by atoms with Crippen LogP contribution in [-0.4, -0.2) is 33.3 Å². The third kappa shape index (κ3) is 3.35. The monoisotopic (exact) mass is 416 g/mol. The highest BCUT2D eigenvalue weighted by Gasteiger charge is 2.28. The van der Waals surface area contributed by atoms with E-state index in [2.05, 4.69) is 0 Å². The summed E-state index contributed by atoms with van der Waals surface area (Å²) in [5, 5.41) is 18.7. The third-order valence-corrected chi connectivity index (χ3v) is 4.64. The van der Waals surface area contributed by atoms with Gasteiger partial charge < -0.3 is 10.2 Å². The molecule has 0 aromatic heterocycles.